The first kappa shape index (κ1) is 15.1. The average molecular weight is 357 g/mol. The molecule has 0 bridgehead atoms. The Kier molecular flexibility index (Phi) is 3.51. The lowest BCUT2D eigenvalue weighted by molar-refractivity contribution is 0.586. The topological polar surface area (TPSA) is 77.8 Å². The molecular weight excluding hydrogens is 344 g/mol. The zero-order chi connectivity index (χ0) is 16.8. The minimum atomic E-state index is 0.391. The molecule has 0 fully saturated rings. The number of benzene rings is 1. The van der Waals surface area contributed by atoms with Crippen LogP contribution in [0.4, 0.5) is 5.69 Å². The monoisotopic (exact) mass is 356 g/mol. The van der Waals surface area contributed by atoms with Gasteiger partial charge in [-0.15, -0.1) is 21.5 Å². The van der Waals surface area contributed by atoms with E-state index in [9.17, 15) is 0 Å². The fourth-order valence-corrected chi connectivity index (χ4v) is 3.89. The normalized spacial score (nSPS) is 11.3. The summed E-state index contributed by atoms with van der Waals surface area (Å²) < 4.78 is 5.81. The van der Waals surface area contributed by atoms with E-state index < -0.39 is 0 Å². The second-order valence-electron chi connectivity index (χ2n) is 5.44. The van der Waals surface area contributed by atoms with Crippen molar-refractivity contribution in [1.82, 2.24) is 15.2 Å². The summed E-state index contributed by atoms with van der Waals surface area (Å²) in [5.41, 5.74) is 9.46. The molecule has 0 aliphatic carbocycles. The molecule has 3 aromatic heterocycles. The van der Waals surface area contributed by atoms with Gasteiger partial charge in [-0.2, -0.15) is 0 Å². The molecule has 4 aromatic rings. The number of rotatable bonds is 2. The summed E-state index contributed by atoms with van der Waals surface area (Å²) >= 11 is 7.73. The van der Waals surface area contributed by atoms with Crippen LogP contribution in [-0.4, -0.2) is 15.2 Å². The zero-order valence-corrected chi connectivity index (χ0v) is 14.6. The first-order valence-corrected chi connectivity index (χ1v) is 8.49. The molecule has 120 valence electrons. The Balaban J connectivity index is 1.88. The molecule has 0 radical (unpaired) electrons. The lowest BCUT2D eigenvalue weighted by Gasteiger charge is -2.03. The maximum Gasteiger partial charge on any atom is 0.260 e. The predicted molar refractivity (Wildman–Crippen MR) is 97.2 cm³/mol. The van der Waals surface area contributed by atoms with E-state index in [1.54, 1.807) is 0 Å². The van der Waals surface area contributed by atoms with Crippen LogP contribution in [0.15, 0.2) is 34.7 Å². The molecule has 0 saturated heterocycles. The zero-order valence-electron chi connectivity index (χ0n) is 13.0. The van der Waals surface area contributed by atoms with Crippen molar-refractivity contribution in [3.8, 4) is 22.2 Å². The van der Waals surface area contributed by atoms with Crippen molar-refractivity contribution >= 4 is 38.8 Å². The SMILES string of the molecule is Cc1nc2sc(-c3nnc(-c4ccccc4)o3)c(N)c2c(C)c1Cl. The van der Waals surface area contributed by atoms with Crippen LogP contribution in [0, 0.1) is 13.8 Å². The number of nitrogens with zero attached hydrogens (tertiary/aromatic N) is 3. The van der Waals surface area contributed by atoms with Gasteiger partial charge >= 0.3 is 0 Å². The molecule has 3 heterocycles. The Bertz CT molecular complexity index is 1060. The highest BCUT2D eigenvalue weighted by Crippen LogP contribution is 2.43. The van der Waals surface area contributed by atoms with Crippen molar-refractivity contribution in [2.24, 2.45) is 0 Å². The van der Waals surface area contributed by atoms with Gasteiger partial charge < -0.3 is 10.2 Å². The fraction of sp³-hybridized carbons (Fsp3) is 0.118. The molecule has 0 aliphatic rings. The van der Waals surface area contributed by atoms with Gasteiger partial charge in [-0.1, -0.05) is 29.8 Å². The molecule has 2 N–H and O–H groups in total. The largest absolute Gasteiger partial charge is 0.415 e. The minimum absolute atomic E-state index is 0.391. The second kappa shape index (κ2) is 5.58. The van der Waals surface area contributed by atoms with Crippen LogP contribution in [0.2, 0.25) is 5.02 Å². The van der Waals surface area contributed by atoms with Gasteiger partial charge in [0.05, 0.1) is 16.4 Å². The minimum Gasteiger partial charge on any atom is -0.415 e. The van der Waals surface area contributed by atoms with Crippen LogP contribution in [-0.2, 0) is 0 Å². The summed E-state index contributed by atoms with van der Waals surface area (Å²) in [6.07, 6.45) is 0. The molecule has 5 nitrogen and oxygen atoms in total. The van der Waals surface area contributed by atoms with Crippen LogP contribution in [0.3, 0.4) is 0 Å². The van der Waals surface area contributed by atoms with E-state index in [2.05, 4.69) is 15.2 Å². The van der Waals surface area contributed by atoms with E-state index in [4.69, 9.17) is 21.8 Å². The van der Waals surface area contributed by atoms with E-state index in [1.807, 2.05) is 44.2 Å². The molecule has 0 spiro atoms. The maximum atomic E-state index is 6.32. The first-order chi connectivity index (χ1) is 11.6. The number of fused-ring (bicyclic) bond motifs is 1. The highest BCUT2D eigenvalue weighted by molar-refractivity contribution is 7.22. The van der Waals surface area contributed by atoms with Gasteiger partial charge in [0.1, 0.15) is 9.71 Å². The van der Waals surface area contributed by atoms with Gasteiger partial charge in [-0.25, -0.2) is 4.98 Å². The fourth-order valence-electron chi connectivity index (χ4n) is 2.63. The highest BCUT2D eigenvalue weighted by Gasteiger charge is 2.21. The number of aromatic nitrogens is 3. The van der Waals surface area contributed by atoms with Crippen LogP contribution in [0.5, 0.6) is 0 Å². The molecule has 0 saturated carbocycles. The van der Waals surface area contributed by atoms with Gasteiger partial charge in [0.25, 0.3) is 5.89 Å². The third-order valence-electron chi connectivity index (χ3n) is 3.86. The Morgan fingerprint density at radius 2 is 1.79 bits per heavy atom. The average Bonchev–Trinajstić information content (AvgIpc) is 3.19. The number of nitrogen functional groups attached to an aromatic ring is 1. The second-order valence-corrected chi connectivity index (χ2v) is 6.82. The van der Waals surface area contributed by atoms with Gasteiger partial charge in [0, 0.05) is 10.9 Å². The number of hydrogen-bond donors (Lipinski definition) is 1. The van der Waals surface area contributed by atoms with Gasteiger partial charge in [0.15, 0.2) is 0 Å². The van der Waals surface area contributed by atoms with Crippen LogP contribution in [0.25, 0.3) is 32.4 Å². The van der Waals surface area contributed by atoms with Crippen molar-refractivity contribution in [3.63, 3.8) is 0 Å². The number of halogens is 1. The van der Waals surface area contributed by atoms with E-state index in [1.165, 1.54) is 11.3 Å². The van der Waals surface area contributed by atoms with Gasteiger partial charge in [0.2, 0.25) is 5.89 Å². The van der Waals surface area contributed by atoms with Crippen molar-refractivity contribution in [2.75, 3.05) is 5.73 Å². The number of thiophene rings is 1. The summed E-state index contributed by atoms with van der Waals surface area (Å²) in [6.45, 7) is 3.82. The molecule has 0 unspecified atom stereocenters. The van der Waals surface area contributed by atoms with Gasteiger partial charge in [-0.05, 0) is 31.5 Å². The third-order valence-corrected chi connectivity index (χ3v) is 5.50. The predicted octanol–water partition coefficient (Wildman–Crippen LogP) is 4.87. The molecule has 0 atom stereocenters. The molecule has 0 amide bonds. The Morgan fingerprint density at radius 3 is 2.54 bits per heavy atom. The quantitative estimate of drug-likeness (QED) is 0.554. The van der Waals surface area contributed by atoms with Crippen molar-refractivity contribution in [2.45, 2.75) is 13.8 Å². The van der Waals surface area contributed by atoms with E-state index in [0.717, 1.165) is 31.9 Å². The first-order valence-electron chi connectivity index (χ1n) is 7.30. The highest BCUT2D eigenvalue weighted by atomic mass is 35.5. The maximum absolute atomic E-state index is 6.32. The number of nitrogens with two attached hydrogens (primary N) is 1. The van der Waals surface area contributed by atoms with Gasteiger partial charge in [-0.3, -0.25) is 0 Å². The molecule has 0 aliphatic heterocycles. The standard InChI is InChI=1S/C17H13ClN4OS/c1-8-11-13(19)14(24-17(11)20-9(2)12(8)18)16-22-21-15(23-16)10-6-4-3-5-7-10/h3-7H,19H2,1-2H3. The summed E-state index contributed by atoms with van der Waals surface area (Å²) in [6, 6.07) is 9.61. The summed E-state index contributed by atoms with van der Waals surface area (Å²) in [7, 11) is 0. The van der Waals surface area contributed by atoms with Crippen molar-refractivity contribution in [3.05, 3.63) is 46.6 Å². The molecule has 7 heteroatoms. The Morgan fingerprint density at radius 1 is 1.08 bits per heavy atom. The number of hydrogen-bond acceptors (Lipinski definition) is 6. The van der Waals surface area contributed by atoms with E-state index in [-0.39, 0.29) is 0 Å². The van der Waals surface area contributed by atoms with Crippen LogP contribution in [0.1, 0.15) is 11.3 Å². The molecular formula is C17H13ClN4OS. The van der Waals surface area contributed by atoms with Crippen molar-refractivity contribution in [1.29, 1.82) is 0 Å². The van der Waals surface area contributed by atoms with Crippen LogP contribution < -0.4 is 5.73 Å². The number of pyridine rings is 1. The Labute approximate surface area is 147 Å². The molecule has 4 rings (SSSR count). The van der Waals surface area contributed by atoms with E-state index >= 15 is 0 Å². The summed E-state index contributed by atoms with van der Waals surface area (Å²) in [4.78, 5) is 6.06. The molecule has 24 heavy (non-hydrogen) atoms. The lowest BCUT2D eigenvalue weighted by Crippen LogP contribution is -1.91. The van der Waals surface area contributed by atoms with Crippen LogP contribution >= 0.6 is 22.9 Å². The lowest BCUT2D eigenvalue weighted by atomic mass is 10.1. The smallest absolute Gasteiger partial charge is 0.260 e. The Hall–Kier alpha value is -2.44. The number of anilines is 1. The summed E-state index contributed by atoms with van der Waals surface area (Å²) in [5.74, 6) is 0.851. The number of aryl methyl sites for hydroxylation is 2. The third kappa shape index (κ3) is 2.26. The van der Waals surface area contributed by atoms with Crippen molar-refractivity contribution < 1.29 is 4.42 Å². The van der Waals surface area contributed by atoms with E-state index in [0.29, 0.717) is 22.5 Å². The summed E-state index contributed by atoms with van der Waals surface area (Å²) in [5, 5.41) is 9.75. The molecule has 1 aromatic carbocycles.